The molecule has 1 amide bonds. The minimum atomic E-state index is -1.46. The third-order valence-electron chi connectivity index (χ3n) is 2.65. The number of rotatable bonds is 6. The third-order valence-corrected chi connectivity index (χ3v) is 2.65. The van der Waals surface area contributed by atoms with Crippen LogP contribution in [0.25, 0.3) is 0 Å². The molecule has 0 bridgehead atoms. The number of carboxylic acids is 1. The molecule has 0 aliphatic rings. The summed E-state index contributed by atoms with van der Waals surface area (Å²) in [5.41, 5.74) is 0.986. The van der Waals surface area contributed by atoms with Crippen molar-refractivity contribution in [3.8, 4) is 0 Å². The molecule has 2 unspecified atom stereocenters. The number of amides is 1. The lowest BCUT2D eigenvalue weighted by molar-refractivity contribution is -0.142. The zero-order chi connectivity index (χ0) is 13.5. The smallest absolute Gasteiger partial charge is 0.328 e. The second-order valence-corrected chi connectivity index (χ2v) is 4.13. The summed E-state index contributed by atoms with van der Waals surface area (Å²) in [4.78, 5) is 22.1. The molecule has 1 aromatic rings. The van der Waals surface area contributed by atoms with Gasteiger partial charge in [0, 0.05) is 6.42 Å². The first kappa shape index (κ1) is 14.2. The molecule has 98 valence electrons. The average molecular weight is 253 g/mol. The second-order valence-electron chi connectivity index (χ2n) is 4.13. The van der Waals surface area contributed by atoms with Crippen molar-refractivity contribution in [2.75, 3.05) is 6.67 Å². The molecule has 0 spiro atoms. The van der Waals surface area contributed by atoms with Crippen molar-refractivity contribution in [3.63, 3.8) is 0 Å². The van der Waals surface area contributed by atoms with Crippen molar-refractivity contribution >= 4 is 11.9 Å². The van der Waals surface area contributed by atoms with Crippen molar-refractivity contribution in [3.05, 3.63) is 35.9 Å². The van der Waals surface area contributed by atoms with E-state index in [4.69, 9.17) is 5.11 Å². The molecule has 0 saturated heterocycles. The molecule has 1 aromatic carbocycles. The lowest BCUT2D eigenvalue weighted by Gasteiger charge is -2.14. The number of halogens is 1. The van der Waals surface area contributed by atoms with Gasteiger partial charge in [0.05, 0.1) is 0 Å². The Kier molecular flexibility index (Phi) is 5.30. The molecule has 0 fully saturated rings. The van der Waals surface area contributed by atoms with Gasteiger partial charge in [-0.1, -0.05) is 37.3 Å². The van der Waals surface area contributed by atoms with Gasteiger partial charge in [-0.2, -0.15) is 0 Å². The molecule has 0 aromatic heterocycles. The number of carboxylic acid groups (broad SMARTS) is 1. The second kappa shape index (κ2) is 6.74. The van der Waals surface area contributed by atoms with Crippen LogP contribution in [-0.4, -0.2) is 29.7 Å². The van der Waals surface area contributed by atoms with E-state index in [1.165, 1.54) is 0 Å². The Balaban J connectivity index is 2.52. The minimum Gasteiger partial charge on any atom is -0.480 e. The molecule has 0 radical (unpaired) electrons. The molecule has 1 rings (SSSR count). The predicted molar refractivity (Wildman–Crippen MR) is 65.0 cm³/mol. The van der Waals surface area contributed by atoms with Crippen molar-refractivity contribution in [2.45, 2.75) is 25.3 Å². The largest absolute Gasteiger partial charge is 0.480 e. The van der Waals surface area contributed by atoms with Gasteiger partial charge in [0.1, 0.15) is 6.67 Å². The Morgan fingerprint density at radius 1 is 1.33 bits per heavy atom. The maximum absolute atomic E-state index is 12.3. The lowest BCUT2D eigenvalue weighted by atomic mass is 9.97. The monoisotopic (exact) mass is 253 g/mol. The Morgan fingerprint density at radius 2 is 1.94 bits per heavy atom. The van der Waals surface area contributed by atoms with E-state index in [1.807, 2.05) is 37.3 Å². The molecule has 4 nitrogen and oxygen atoms in total. The van der Waals surface area contributed by atoms with Gasteiger partial charge in [0.15, 0.2) is 6.04 Å². The van der Waals surface area contributed by atoms with Gasteiger partial charge in [0.2, 0.25) is 5.91 Å². The zero-order valence-electron chi connectivity index (χ0n) is 10.1. The van der Waals surface area contributed by atoms with Gasteiger partial charge in [-0.15, -0.1) is 0 Å². The topological polar surface area (TPSA) is 66.4 Å². The summed E-state index contributed by atoms with van der Waals surface area (Å²) >= 11 is 0. The van der Waals surface area contributed by atoms with Crippen LogP contribution < -0.4 is 5.32 Å². The minimum absolute atomic E-state index is 0.0414. The molecule has 2 N–H and O–H groups in total. The third kappa shape index (κ3) is 4.16. The summed E-state index contributed by atoms with van der Waals surface area (Å²) < 4.78 is 12.3. The van der Waals surface area contributed by atoms with Crippen molar-refractivity contribution in [1.29, 1.82) is 0 Å². The highest BCUT2D eigenvalue weighted by atomic mass is 19.1. The van der Waals surface area contributed by atoms with Crippen LogP contribution in [0.2, 0.25) is 0 Å². The number of aliphatic carboxylic acids is 1. The van der Waals surface area contributed by atoms with Crippen LogP contribution in [0.3, 0.4) is 0 Å². The Bertz CT molecular complexity index is 408. The fourth-order valence-corrected chi connectivity index (χ4v) is 1.60. The molecule has 18 heavy (non-hydrogen) atoms. The summed E-state index contributed by atoms with van der Waals surface area (Å²) in [5, 5.41) is 10.8. The van der Waals surface area contributed by atoms with Crippen LogP contribution in [0.4, 0.5) is 4.39 Å². The van der Waals surface area contributed by atoms with E-state index in [2.05, 4.69) is 5.32 Å². The van der Waals surface area contributed by atoms with Crippen LogP contribution in [0, 0.1) is 0 Å². The number of carbonyl (C=O) groups is 2. The molecule has 5 heteroatoms. The van der Waals surface area contributed by atoms with E-state index in [0.29, 0.717) is 0 Å². The molecule has 2 atom stereocenters. The maximum Gasteiger partial charge on any atom is 0.328 e. The van der Waals surface area contributed by atoms with Gasteiger partial charge >= 0.3 is 5.97 Å². The number of hydrogen-bond acceptors (Lipinski definition) is 2. The summed E-state index contributed by atoms with van der Waals surface area (Å²) in [5.74, 6) is -1.87. The van der Waals surface area contributed by atoms with E-state index in [-0.39, 0.29) is 12.3 Å². The normalized spacial score (nSPS) is 13.7. The fraction of sp³-hybridized carbons (Fsp3) is 0.385. The van der Waals surface area contributed by atoms with Gasteiger partial charge < -0.3 is 10.4 Å². The van der Waals surface area contributed by atoms with Crippen LogP contribution in [0.1, 0.15) is 24.8 Å². The number of hydrogen-bond donors (Lipinski definition) is 2. The van der Waals surface area contributed by atoms with Gasteiger partial charge in [-0.25, -0.2) is 9.18 Å². The van der Waals surface area contributed by atoms with E-state index < -0.39 is 24.6 Å². The zero-order valence-corrected chi connectivity index (χ0v) is 10.1. The summed E-state index contributed by atoms with van der Waals surface area (Å²) in [6.45, 7) is 0.751. The highest BCUT2D eigenvalue weighted by Crippen LogP contribution is 2.18. The number of nitrogens with one attached hydrogen (secondary N) is 1. The van der Waals surface area contributed by atoms with E-state index in [1.54, 1.807) is 0 Å². The van der Waals surface area contributed by atoms with Crippen LogP contribution in [-0.2, 0) is 9.59 Å². The maximum atomic E-state index is 12.3. The first-order valence-corrected chi connectivity index (χ1v) is 5.67. The van der Waals surface area contributed by atoms with Gasteiger partial charge in [-0.05, 0) is 11.5 Å². The van der Waals surface area contributed by atoms with Gasteiger partial charge in [0.25, 0.3) is 0 Å². The first-order chi connectivity index (χ1) is 8.54. The predicted octanol–water partition coefficient (Wildman–Crippen LogP) is 1.72. The summed E-state index contributed by atoms with van der Waals surface area (Å²) in [6.07, 6.45) is 0.133. The summed E-state index contributed by atoms with van der Waals surface area (Å²) in [6, 6.07) is 7.93. The van der Waals surface area contributed by atoms with E-state index >= 15 is 0 Å². The van der Waals surface area contributed by atoms with Crippen LogP contribution in [0.15, 0.2) is 30.3 Å². The van der Waals surface area contributed by atoms with Crippen molar-refractivity contribution in [1.82, 2.24) is 5.32 Å². The number of carbonyl (C=O) groups excluding carboxylic acids is 1. The molecule has 0 heterocycles. The summed E-state index contributed by atoms with van der Waals surface area (Å²) in [7, 11) is 0. The van der Waals surface area contributed by atoms with Crippen LogP contribution >= 0.6 is 0 Å². The number of benzene rings is 1. The highest BCUT2D eigenvalue weighted by molar-refractivity contribution is 5.84. The van der Waals surface area contributed by atoms with Crippen molar-refractivity contribution in [2.24, 2.45) is 0 Å². The molecule has 0 aliphatic heterocycles. The Morgan fingerprint density at radius 3 is 2.44 bits per heavy atom. The van der Waals surface area contributed by atoms with Gasteiger partial charge in [-0.3, -0.25) is 4.79 Å². The first-order valence-electron chi connectivity index (χ1n) is 5.67. The van der Waals surface area contributed by atoms with E-state index in [0.717, 1.165) is 5.56 Å². The molecular formula is C13H16FNO3. The van der Waals surface area contributed by atoms with Crippen LogP contribution in [0.5, 0.6) is 0 Å². The Labute approximate surface area is 105 Å². The SMILES string of the molecule is CC(CC(=O)NC(CF)C(=O)O)c1ccccc1. The lowest BCUT2D eigenvalue weighted by Crippen LogP contribution is -2.42. The quantitative estimate of drug-likeness (QED) is 0.811. The fourth-order valence-electron chi connectivity index (χ4n) is 1.60. The van der Waals surface area contributed by atoms with Crippen molar-refractivity contribution < 1.29 is 19.1 Å². The standard InChI is InChI=1S/C13H16FNO3/c1-9(10-5-3-2-4-6-10)7-12(16)15-11(8-14)13(17)18/h2-6,9,11H,7-8H2,1H3,(H,15,16)(H,17,18). The van der Waals surface area contributed by atoms with E-state index in [9.17, 15) is 14.0 Å². The molecule has 0 saturated carbocycles. The molecular weight excluding hydrogens is 237 g/mol. The Hall–Kier alpha value is -1.91. The molecule has 0 aliphatic carbocycles. The average Bonchev–Trinajstić information content (AvgIpc) is 2.36. The highest BCUT2D eigenvalue weighted by Gasteiger charge is 2.20. The number of alkyl halides is 1.